The van der Waals surface area contributed by atoms with Crippen LogP contribution in [0.4, 0.5) is 4.39 Å². The average molecular weight is 288 g/mol. The lowest BCUT2D eigenvalue weighted by Crippen LogP contribution is -2.33. The Morgan fingerprint density at radius 1 is 1.19 bits per heavy atom. The third-order valence-electron chi connectivity index (χ3n) is 3.79. The first-order chi connectivity index (χ1) is 10.2. The maximum atomic E-state index is 14.3. The van der Waals surface area contributed by atoms with Gasteiger partial charge in [0.05, 0.1) is 13.2 Å². The zero-order valence-electron chi connectivity index (χ0n) is 12.3. The highest BCUT2D eigenvalue weighted by atomic mass is 19.1. The average Bonchev–Trinajstić information content (AvgIpc) is 2.53. The minimum absolute atomic E-state index is 0.0964. The number of halogens is 1. The second kappa shape index (κ2) is 7.20. The number of nitrogens with two attached hydrogens (primary N) is 1. The minimum Gasteiger partial charge on any atom is -0.497 e. The minimum atomic E-state index is -0.313. The molecule has 2 unspecified atom stereocenters. The van der Waals surface area contributed by atoms with Gasteiger partial charge >= 0.3 is 0 Å². The van der Waals surface area contributed by atoms with Crippen LogP contribution in [0, 0.1) is 5.82 Å². The number of nitrogens with one attached hydrogen (secondary N) is 1. The summed E-state index contributed by atoms with van der Waals surface area (Å²) in [6.07, 6.45) is 0.852. The van der Waals surface area contributed by atoms with Crippen molar-refractivity contribution in [2.45, 2.75) is 25.3 Å². The number of benzene rings is 2. The highest BCUT2D eigenvalue weighted by Crippen LogP contribution is 2.35. The number of ether oxygens (including phenoxy) is 1. The van der Waals surface area contributed by atoms with Gasteiger partial charge in [-0.25, -0.2) is 4.39 Å². The summed E-state index contributed by atoms with van der Waals surface area (Å²) in [5.41, 5.74) is 4.45. The van der Waals surface area contributed by atoms with Crippen LogP contribution < -0.4 is 16.0 Å². The molecule has 0 aliphatic carbocycles. The van der Waals surface area contributed by atoms with Gasteiger partial charge in [-0.05, 0) is 18.1 Å². The summed E-state index contributed by atoms with van der Waals surface area (Å²) >= 11 is 0. The van der Waals surface area contributed by atoms with Crippen LogP contribution in [-0.2, 0) is 0 Å². The van der Waals surface area contributed by atoms with E-state index < -0.39 is 0 Å². The number of methoxy groups -OCH3 is 1. The Kier molecular flexibility index (Phi) is 5.31. The molecular formula is C17H21FN2O. The molecule has 0 radical (unpaired) electrons. The molecule has 0 heterocycles. The third-order valence-corrected chi connectivity index (χ3v) is 3.79. The van der Waals surface area contributed by atoms with Crippen molar-refractivity contribution in [3.63, 3.8) is 0 Å². The largest absolute Gasteiger partial charge is 0.497 e. The van der Waals surface area contributed by atoms with Gasteiger partial charge in [-0.2, -0.15) is 0 Å². The zero-order chi connectivity index (χ0) is 15.2. The van der Waals surface area contributed by atoms with E-state index in [4.69, 9.17) is 10.6 Å². The summed E-state index contributed by atoms with van der Waals surface area (Å²) in [7, 11) is 1.52. The maximum Gasteiger partial charge on any atom is 0.131 e. The lowest BCUT2D eigenvalue weighted by Gasteiger charge is -2.27. The van der Waals surface area contributed by atoms with Gasteiger partial charge in [0, 0.05) is 17.5 Å². The molecule has 2 atom stereocenters. The SMILES string of the molecule is CCC(c1ccccc1)C(NN)c1ccc(OC)cc1F. The molecule has 0 aliphatic heterocycles. The molecular weight excluding hydrogens is 267 g/mol. The summed E-state index contributed by atoms with van der Waals surface area (Å²) in [6.45, 7) is 2.07. The summed E-state index contributed by atoms with van der Waals surface area (Å²) in [4.78, 5) is 0. The van der Waals surface area contributed by atoms with Crippen LogP contribution in [0.15, 0.2) is 48.5 Å². The van der Waals surface area contributed by atoms with Gasteiger partial charge < -0.3 is 4.74 Å². The van der Waals surface area contributed by atoms with Gasteiger partial charge in [0.25, 0.3) is 0 Å². The molecule has 21 heavy (non-hydrogen) atoms. The molecule has 112 valence electrons. The summed E-state index contributed by atoms with van der Waals surface area (Å²) in [6, 6.07) is 14.6. The number of hydrogen-bond acceptors (Lipinski definition) is 3. The number of hydrogen-bond donors (Lipinski definition) is 2. The van der Waals surface area contributed by atoms with Crippen molar-refractivity contribution in [1.29, 1.82) is 0 Å². The standard InChI is InChI=1S/C17H21FN2O/c1-3-14(12-7-5-4-6-8-12)17(20-19)15-10-9-13(21-2)11-16(15)18/h4-11,14,17,20H,3,19H2,1-2H3. The number of hydrazine groups is 1. The fourth-order valence-electron chi connectivity index (χ4n) is 2.67. The van der Waals surface area contributed by atoms with Crippen molar-refractivity contribution >= 4 is 0 Å². The Morgan fingerprint density at radius 3 is 2.43 bits per heavy atom. The van der Waals surface area contributed by atoms with Gasteiger partial charge in [0.1, 0.15) is 11.6 Å². The second-order valence-electron chi connectivity index (χ2n) is 4.96. The first kappa shape index (κ1) is 15.5. The van der Waals surface area contributed by atoms with E-state index in [1.54, 1.807) is 12.1 Å². The second-order valence-corrected chi connectivity index (χ2v) is 4.96. The van der Waals surface area contributed by atoms with Crippen LogP contribution in [0.3, 0.4) is 0 Å². The van der Waals surface area contributed by atoms with E-state index in [2.05, 4.69) is 12.3 Å². The fourth-order valence-corrected chi connectivity index (χ4v) is 2.67. The molecule has 0 saturated carbocycles. The van der Waals surface area contributed by atoms with Gasteiger partial charge in [-0.3, -0.25) is 11.3 Å². The van der Waals surface area contributed by atoms with Crippen LogP contribution in [0.5, 0.6) is 5.75 Å². The van der Waals surface area contributed by atoms with Crippen molar-refractivity contribution < 1.29 is 9.13 Å². The van der Waals surface area contributed by atoms with E-state index in [0.29, 0.717) is 11.3 Å². The molecule has 0 aromatic heterocycles. The smallest absolute Gasteiger partial charge is 0.131 e. The number of rotatable bonds is 6. The molecule has 4 heteroatoms. The Hall–Kier alpha value is -1.91. The van der Waals surface area contributed by atoms with E-state index >= 15 is 0 Å². The normalized spacial score (nSPS) is 13.7. The zero-order valence-corrected chi connectivity index (χ0v) is 12.3. The predicted molar refractivity (Wildman–Crippen MR) is 82.5 cm³/mol. The van der Waals surface area contributed by atoms with Crippen LogP contribution >= 0.6 is 0 Å². The van der Waals surface area contributed by atoms with Crippen molar-refractivity contribution in [2.24, 2.45) is 5.84 Å². The molecule has 3 nitrogen and oxygen atoms in total. The Balaban J connectivity index is 2.38. The highest BCUT2D eigenvalue weighted by molar-refractivity contribution is 5.34. The van der Waals surface area contributed by atoms with Crippen molar-refractivity contribution in [3.05, 3.63) is 65.5 Å². The molecule has 2 aromatic carbocycles. The maximum absolute atomic E-state index is 14.3. The van der Waals surface area contributed by atoms with Gasteiger partial charge in [-0.1, -0.05) is 43.3 Å². The summed E-state index contributed by atoms with van der Waals surface area (Å²) in [5, 5.41) is 0. The fraction of sp³-hybridized carbons (Fsp3) is 0.294. The first-order valence-electron chi connectivity index (χ1n) is 7.05. The van der Waals surface area contributed by atoms with Crippen molar-refractivity contribution in [3.8, 4) is 5.75 Å². The van der Waals surface area contributed by atoms with E-state index in [1.165, 1.54) is 13.2 Å². The van der Waals surface area contributed by atoms with Gasteiger partial charge in [-0.15, -0.1) is 0 Å². The van der Waals surface area contributed by atoms with E-state index in [0.717, 1.165) is 12.0 Å². The molecule has 0 bridgehead atoms. The molecule has 0 spiro atoms. The van der Waals surface area contributed by atoms with Crippen molar-refractivity contribution in [1.82, 2.24) is 5.43 Å². The molecule has 3 N–H and O–H groups in total. The van der Waals surface area contributed by atoms with Crippen LogP contribution in [0.25, 0.3) is 0 Å². The lowest BCUT2D eigenvalue weighted by molar-refractivity contribution is 0.403. The van der Waals surface area contributed by atoms with Crippen LogP contribution in [0.2, 0.25) is 0 Å². The Bertz CT molecular complexity index is 574. The Morgan fingerprint density at radius 2 is 1.90 bits per heavy atom. The Labute approximate surface area is 124 Å². The lowest BCUT2D eigenvalue weighted by atomic mass is 9.85. The van der Waals surface area contributed by atoms with Crippen molar-refractivity contribution in [2.75, 3.05) is 7.11 Å². The van der Waals surface area contributed by atoms with Crippen LogP contribution in [0.1, 0.15) is 36.4 Å². The van der Waals surface area contributed by atoms with Gasteiger partial charge in [0.2, 0.25) is 0 Å². The van der Waals surface area contributed by atoms with E-state index in [-0.39, 0.29) is 17.8 Å². The monoisotopic (exact) mass is 288 g/mol. The molecule has 0 saturated heterocycles. The summed E-state index contributed by atoms with van der Waals surface area (Å²) in [5.74, 6) is 5.99. The highest BCUT2D eigenvalue weighted by Gasteiger charge is 2.25. The topological polar surface area (TPSA) is 47.3 Å². The van der Waals surface area contributed by atoms with E-state index in [1.807, 2.05) is 30.3 Å². The third kappa shape index (κ3) is 3.40. The predicted octanol–water partition coefficient (Wildman–Crippen LogP) is 3.53. The molecule has 2 aromatic rings. The summed E-state index contributed by atoms with van der Waals surface area (Å²) < 4.78 is 19.4. The molecule has 2 rings (SSSR count). The van der Waals surface area contributed by atoms with E-state index in [9.17, 15) is 4.39 Å². The molecule has 0 aliphatic rings. The quantitative estimate of drug-likeness (QED) is 0.631. The first-order valence-corrected chi connectivity index (χ1v) is 7.05. The molecule has 0 fully saturated rings. The molecule has 0 amide bonds. The van der Waals surface area contributed by atoms with Crippen LogP contribution in [-0.4, -0.2) is 7.11 Å². The van der Waals surface area contributed by atoms with Gasteiger partial charge in [0.15, 0.2) is 0 Å².